The fourth-order valence-electron chi connectivity index (χ4n) is 1.40. The molecule has 0 unspecified atom stereocenters. The number of halogens is 1. The van der Waals surface area contributed by atoms with Gasteiger partial charge in [0.25, 0.3) is 0 Å². The molecule has 0 amide bonds. The molecular weight excluding hydrogens is 198 g/mol. The zero-order valence-corrected chi connectivity index (χ0v) is 9.86. The van der Waals surface area contributed by atoms with Gasteiger partial charge in [-0.05, 0) is 19.4 Å². The summed E-state index contributed by atoms with van der Waals surface area (Å²) in [5.41, 5.74) is 2.07. The minimum absolute atomic E-state index is 0.802. The van der Waals surface area contributed by atoms with Crippen molar-refractivity contribution in [2.75, 3.05) is 6.54 Å². The van der Waals surface area contributed by atoms with Crippen LogP contribution in [0, 0.1) is 0 Å². The van der Waals surface area contributed by atoms with E-state index in [1.54, 1.807) is 0 Å². The van der Waals surface area contributed by atoms with Crippen molar-refractivity contribution in [3.05, 3.63) is 16.4 Å². The smallest absolute Gasteiger partial charge is 0.0863 e. The summed E-state index contributed by atoms with van der Waals surface area (Å²) < 4.78 is 1.86. The molecule has 80 valence electrons. The highest BCUT2D eigenvalue weighted by molar-refractivity contribution is 6.31. The van der Waals surface area contributed by atoms with E-state index in [0.717, 1.165) is 42.3 Å². The van der Waals surface area contributed by atoms with Crippen LogP contribution in [0.15, 0.2) is 0 Å². The average molecular weight is 216 g/mol. The molecular formula is C10H18ClN3. The van der Waals surface area contributed by atoms with Crippen molar-refractivity contribution in [3.63, 3.8) is 0 Å². The Balaban J connectivity index is 2.70. The van der Waals surface area contributed by atoms with Crippen molar-refractivity contribution in [3.8, 4) is 0 Å². The Morgan fingerprint density at radius 3 is 2.64 bits per heavy atom. The topological polar surface area (TPSA) is 29.9 Å². The van der Waals surface area contributed by atoms with Crippen LogP contribution >= 0.6 is 11.6 Å². The summed E-state index contributed by atoms with van der Waals surface area (Å²) in [4.78, 5) is 0. The van der Waals surface area contributed by atoms with E-state index in [1.165, 1.54) is 0 Å². The molecule has 3 nitrogen and oxygen atoms in total. The van der Waals surface area contributed by atoms with Gasteiger partial charge in [0.05, 0.1) is 16.4 Å². The second kappa shape index (κ2) is 5.37. The van der Waals surface area contributed by atoms with Gasteiger partial charge in [-0.3, -0.25) is 4.68 Å². The number of nitrogens with one attached hydrogen (secondary N) is 1. The first-order valence-electron chi connectivity index (χ1n) is 5.11. The van der Waals surface area contributed by atoms with Crippen LogP contribution in [0.25, 0.3) is 0 Å². The zero-order chi connectivity index (χ0) is 10.6. The van der Waals surface area contributed by atoms with Gasteiger partial charge in [0.2, 0.25) is 0 Å². The number of aromatic nitrogens is 2. The van der Waals surface area contributed by atoms with Gasteiger partial charge in [-0.1, -0.05) is 25.4 Å². The predicted molar refractivity (Wildman–Crippen MR) is 59.6 cm³/mol. The zero-order valence-electron chi connectivity index (χ0n) is 9.10. The lowest BCUT2D eigenvalue weighted by Gasteiger charge is -2.03. The van der Waals surface area contributed by atoms with Gasteiger partial charge >= 0.3 is 0 Å². The van der Waals surface area contributed by atoms with Crippen LogP contribution < -0.4 is 5.32 Å². The number of hydrogen-bond acceptors (Lipinski definition) is 2. The minimum atomic E-state index is 0.802. The van der Waals surface area contributed by atoms with Gasteiger partial charge in [-0.2, -0.15) is 5.10 Å². The maximum absolute atomic E-state index is 6.19. The van der Waals surface area contributed by atoms with Crippen molar-refractivity contribution >= 4 is 11.6 Å². The molecule has 4 heteroatoms. The highest BCUT2D eigenvalue weighted by atomic mass is 35.5. The third-order valence-corrected chi connectivity index (χ3v) is 2.66. The lowest BCUT2D eigenvalue weighted by atomic mass is 10.3. The first kappa shape index (κ1) is 11.5. The number of nitrogens with zero attached hydrogens (tertiary/aromatic N) is 2. The molecule has 0 aliphatic rings. The van der Waals surface area contributed by atoms with Gasteiger partial charge < -0.3 is 5.32 Å². The number of aryl methyl sites for hydroxylation is 2. The molecule has 0 bridgehead atoms. The first-order chi connectivity index (χ1) is 6.70. The largest absolute Gasteiger partial charge is 0.311 e. The first-order valence-corrected chi connectivity index (χ1v) is 5.49. The summed E-state index contributed by atoms with van der Waals surface area (Å²) in [6, 6.07) is 0. The summed E-state index contributed by atoms with van der Waals surface area (Å²) in [5, 5.41) is 8.50. The van der Waals surface area contributed by atoms with E-state index in [-0.39, 0.29) is 0 Å². The van der Waals surface area contributed by atoms with Gasteiger partial charge in [0.15, 0.2) is 0 Å². The minimum Gasteiger partial charge on any atom is -0.311 e. The quantitative estimate of drug-likeness (QED) is 0.763. The van der Waals surface area contributed by atoms with Crippen molar-refractivity contribution in [1.82, 2.24) is 15.1 Å². The number of rotatable bonds is 5. The predicted octanol–water partition coefficient (Wildman–Crippen LogP) is 2.14. The molecule has 0 saturated carbocycles. The summed E-state index contributed by atoms with van der Waals surface area (Å²) in [7, 11) is 1.94. The van der Waals surface area contributed by atoms with E-state index in [0.29, 0.717) is 0 Å². The SMILES string of the molecule is CCCNCc1c(Cl)c(CC)nn1C. The molecule has 0 aliphatic carbocycles. The van der Waals surface area contributed by atoms with E-state index in [4.69, 9.17) is 11.6 Å². The molecule has 1 aromatic rings. The van der Waals surface area contributed by atoms with Crippen molar-refractivity contribution < 1.29 is 0 Å². The molecule has 0 spiro atoms. The molecule has 1 aromatic heterocycles. The molecule has 0 atom stereocenters. The molecule has 0 radical (unpaired) electrons. The highest BCUT2D eigenvalue weighted by Gasteiger charge is 2.11. The monoisotopic (exact) mass is 215 g/mol. The van der Waals surface area contributed by atoms with Crippen LogP contribution in [0.5, 0.6) is 0 Å². The van der Waals surface area contributed by atoms with E-state index in [2.05, 4.69) is 24.3 Å². The lowest BCUT2D eigenvalue weighted by molar-refractivity contribution is 0.618. The molecule has 1 rings (SSSR count). The molecule has 14 heavy (non-hydrogen) atoms. The van der Waals surface area contributed by atoms with Crippen LogP contribution in [0.1, 0.15) is 31.7 Å². The second-order valence-corrected chi connectivity index (χ2v) is 3.74. The van der Waals surface area contributed by atoms with Crippen molar-refractivity contribution in [2.45, 2.75) is 33.2 Å². The van der Waals surface area contributed by atoms with Crippen LogP contribution in [0.4, 0.5) is 0 Å². The Morgan fingerprint density at radius 1 is 1.43 bits per heavy atom. The van der Waals surface area contributed by atoms with Crippen LogP contribution in [-0.4, -0.2) is 16.3 Å². The summed E-state index contributed by atoms with van der Waals surface area (Å²) in [6.45, 7) is 6.03. The van der Waals surface area contributed by atoms with Crippen LogP contribution in [0.3, 0.4) is 0 Å². The summed E-state index contributed by atoms with van der Waals surface area (Å²) in [5.74, 6) is 0. The molecule has 0 saturated heterocycles. The van der Waals surface area contributed by atoms with Crippen LogP contribution in [-0.2, 0) is 20.0 Å². The maximum Gasteiger partial charge on any atom is 0.0863 e. The fraction of sp³-hybridized carbons (Fsp3) is 0.700. The standard InChI is InChI=1S/C10H18ClN3/c1-4-6-12-7-9-10(11)8(5-2)13-14(9)3/h12H,4-7H2,1-3H3. The molecule has 0 fully saturated rings. The van der Waals surface area contributed by atoms with E-state index >= 15 is 0 Å². The van der Waals surface area contributed by atoms with Crippen molar-refractivity contribution in [2.24, 2.45) is 7.05 Å². The highest BCUT2D eigenvalue weighted by Crippen LogP contribution is 2.20. The van der Waals surface area contributed by atoms with Gasteiger partial charge in [0.1, 0.15) is 0 Å². The van der Waals surface area contributed by atoms with E-state index < -0.39 is 0 Å². The molecule has 0 aliphatic heterocycles. The Bertz CT molecular complexity index is 294. The van der Waals surface area contributed by atoms with Gasteiger partial charge in [-0.15, -0.1) is 0 Å². The van der Waals surface area contributed by atoms with Gasteiger partial charge in [0, 0.05) is 13.6 Å². The molecule has 0 aromatic carbocycles. The Hall–Kier alpha value is -0.540. The maximum atomic E-state index is 6.19. The summed E-state index contributed by atoms with van der Waals surface area (Å²) >= 11 is 6.19. The third kappa shape index (κ3) is 2.49. The van der Waals surface area contributed by atoms with E-state index in [1.807, 2.05) is 11.7 Å². The van der Waals surface area contributed by atoms with Gasteiger partial charge in [-0.25, -0.2) is 0 Å². The number of hydrogen-bond donors (Lipinski definition) is 1. The fourth-order valence-corrected chi connectivity index (χ4v) is 1.76. The molecule has 1 heterocycles. The normalized spacial score (nSPS) is 10.9. The lowest BCUT2D eigenvalue weighted by Crippen LogP contribution is -2.16. The average Bonchev–Trinajstić information content (AvgIpc) is 2.45. The Kier molecular flexibility index (Phi) is 4.42. The second-order valence-electron chi connectivity index (χ2n) is 3.36. The molecule has 1 N–H and O–H groups in total. The Morgan fingerprint density at radius 2 is 2.14 bits per heavy atom. The summed E-state index contributed by atoms with van der Waals surface area (Å²) in [6.07, 6.45) is 2.02. The Labute approximate surface area is 90.4 Å². The van der Waals surface area contributed by atoms with E-state index in [9.17, 15) is 0 Å². The van der Waals surface area contributed by atoms with Crippen LogP contribution in [0.2, 0.25) is 5.02 Å². The van der Waals surface area contributed by atoms with Crippen molar-refractivity contribution in [1.29, 1.82) is 0 Å². The third-order valence-electron chi connectivity index (χ3n) is 2.22.